The minimum Gasteiger partial charge on any atom is -0.629 e. The van der Waals surface area contributed by atoms with E-state index < -0.39 is 5.95 Å². The number of fused-ring (bicyclic) bond motifs is 5. The van der Waals surface area contributed by atoms with Crippen LogP contribution >= 0.6 is 0 Å². The van der Waals surface area contributed by atoms with E-state index in [1.54, 1.807) is 0 Å². The molecule has 0 radical (unpaired) electrons. The molecular formula is C37H46K2N4O3. The van der Waals surface area contributed by atoms with E-state index in [1.165, 1.54) is 19.3 Å². The van der Waals surface area contributed by atoms with Crippen LogP contribution < -0.4 is 113 Å². The van der Waals surface area contributed by atoms with E-state index in [-0.39, 0.29) is 120 Å². The summed E-state index contributed by atoms with van der Waals surface area (Å²) >= 11 is 0. The van der Waals surface area contributed by atoms with Crippen LogP contribution in [0.2, 0.25) is 0 Å². The van der Waals surface area contributed by atoms with Crippen molar-refractivity contribution in [2.24, 2.45) is 26.8 Å². The standard InChI is InChI=1S/C37H47N4O3.2K/c1-9-12-13-14-15-44-19-27-22(6)28-16-30-21(5)26(11-3)35(40-30)24(8)36-34(37(42)43)23(7)31(41-36)18-32-25(10-2)20(4)29(38-32)17-33(27)39-28;;/h16-18,21,26,40,42-43H,3,9-15,19H2,1-2,4-8H3;;/q-1;2*+1/p-1/t21-,26-;;/m0../s1. The number of hydrogen-bond donors (Lipinski definition) is 2. The van der Waals surface area contributed by atoms with Crippen molar-refractivity contribution >= 4 is 17.1 Å². The minimum atomic E-state index is -0.976. The van der Waals surface area contributed by atoms with Crippen LogP contribution in [0.15, 0.2) is 107 Å². The van der Waals surface area contributed by atoms with Gasteiger partial charge >= 0.3 is 103 Å². The van der Waals surface area contributed by atoms with Gasteiger partial charge in [-0.3, -0.25) is 0 Å². The Bertz CT molecular complexity index is 1610. The molecule has 0 aromatic rings. The molecular weight excluding hydrogens is 627 g/mol. The number of unbranched alkanes of at least 4 members (excludes halogenated alkanes) is 3. The van der Waals surface area contributed by atoms with E-state index in [2.05, 4.69) is 59.0 Å². The number of aliphatic hydroxyl groups excluding tert-OH is 1. The molecule has 1 saturated heterocycles. The Kier molecular flexibility index (Phi) is 15.2. The van der Waals surface area contributed by atoms with Gasteiger partial charge in [0.2, 0.25) is 0 Å². The Labute approximate surface area is 360 Å². The average molecular weight is 673 g/mol. The maximum atomic E-state index is 12.6. The van der Waals surface area contributed by atoms with E-state index in [9.17, 15) is 10.2 Å². The van der Waals surface area contributed by atoms with E-state index >= 15 is 0 Å². The van der Waals surface area contributed by atoms with E-state index in [0.29, 0.717) is 30.0 Å². The molecule has 5 aliphatic rings. The molecule has 1 fully saturated rings. The van der Waals surface area contributed by atoms with Crippen molar-refractivity contribution in [1.29, 1.82) is 0 Å². The Balaban J connectivity index is 0.00000288. The summed E-state index contributed by atoms with van der Waals surface area (Å²) in [5.74, 6) is -0.724. The SMILES string of the molecule is [CH2-]C[C@@H]1C2=C(C)C3=NC(=C(C)/C3=C(/[O-])O)C=C3N=C(C=C4N=C(C=C(N2)[C@H]1C)C(C)=C4COCCCCCC)C(C)=C3CC.[K+].[K+]. The normalized spacial score (nSPS) is 23.4. The Morgan fingerprint density at radius 3 is 2.17 bits per heavy atom. The third-order valence-electron chi connectivity index (χ3n) is 9.61. The molecule has 5 heterocycles. The van der Waals surface area contributed by atoms with Crippen molar-refractivity contribution in [2.75, 3.05) is 13.2 Å². The van der Waals surface area contributed by atoms with Crippen LogP contribution in [0.5, 0.6) is 0 Å². The van der Waals surface area contributed by atoms with Gasteiger partial charge in [-0.15, -0.1) is 0 Å². The first kappa shape index (κ1) is 40.0. The fourth-order valence-electron chi connectivity index (χ4n) is 6.74. The van der Waals surface area contributed by atoms with Crippen molar-refractivity contribution in [3.8, 4) is 0 Å². The molecule has 234 valence electrons. The molecule has 0 aliphatic carbocycles. The number of nitrogens with zero attached hydrogens (tertiary/aromatic N) is 3. The molecule has 0 aromatic carbocycles. The predicted molar refractivity (Wildman–Crippen MR) is 178 cm³/mol. The zero-order valence-electron chi connectivity index (χ0n) is 29.4. The Hall–Kier alpha value is -0.437. The Morgan fingerprint density at radius 1 is 0.891 bits per heavy atom. The van der Waals surface area contributed by atoms with E-state index in [1.807, 2.05) is 19.9 Å². The summed E-state index contributed by atoms with van der Waals surface area (Å²) in [4.78, 5) is 15.2. The molecule has 0 amide bonds. The molecule has 5 rings (SSSR count). The second-order valence-electron chi connectivity index (χ2n) is 12.3. The third kappa shape index (κ3) is 7.96. The summed E-state index contributed by atoms with van der Waals surface area (Å²) in [5, 5.41) is 26.5. The van der Waals surface area contributed by atoms with Crippen LogP contribution in [-0.4, -0.2) is 35.5 Å². The van der Waals surface area contributed by atoms with Gasteiger partial charge in [0.25, 0.3) is 0 Å². The van der Waals surface area contributed by atoms with Gasteiger partial charge in [-0.1, -0.05) is 40.0 Å². The van der Waals surface area contributed by atoms with Crippen molar-refractivity contribution < 1.29 is 118 Å². The average Bonchev–Trinajstić information content (AvgIpc) is 3.68. The smallest absolute Gasteiger partial charge is 0.629 e. The fourth-order valence-corrected chi connectivity index (χ4v) is 6.74. The first-order valence-electron chi connectivity index (χ1n) is 16.1. The molecule has 8 bridgehead atoms. The van der Waals surface area contributed by atoms with Crippen molar-refractivity contribution in [3.05, 3.63) is 98.6 Å². The fraction of sp³-hybridized carbons (Fsp3) is 0.459. The van der Waals surface area contributed by atoms with Crippen LogP contribution in [0, 0.1) is 18.8 Å². The first-order valence-corrected chi connectivity index (χ1v) is 16.1. The maximum absolute atomic E-state index is 12.6. The quantitative estimate of drug-likeness (QED) is 0.168. The predicted octanol–water partition coefficient (Wildman–Crippen LogP) is 1.42. The maximum Gasteiger partial charge on any atom is 1.00 e. The second-order valence-corrected chi connectivity index (χ2v) is 12.3. The largest absolute Gasteiger partial charge is 1.00 e. The van der Waals surface area contributed by atoms with Crippen LogP contribution in [0.1, 0.15) is 87.0 Å². The summed E-state index contributed by atoms with van der Waals surface area (Å²) in [5.41, 5.74) is 12.8. The summed E-state index contributed by atoms with van der Waals surface area (Å²) in [7, 11) is 0. The van der Waals surface area contributed by atoms with Gasteiger partial charge in [0.1, 0.15) is 0 Å². The molecule has 7 nitrogen and oxygen atoms in total. The number of nitrogens with one attached hydrogen (secondary N) is 1. The monoisotopic (exact) mass is 672 g/mol. The van der Waals surface area contributed by atoms with Crippen molar-refractivity contribution in [1.82, 2.24) is 5.32 Å². The van der Waals surface area contributed by atoms with Crippen LogP contribution in [-0.2, 0) is 4.74 Å². The molecule has 0 spiro atoms. The zero-order chi connectivity index (χ0) is 31.7. The number of hydrogen-bond acceptors (Lipinski definition) is 7. The Morgan fingerprint density at radius 2 is 1.54 bits per heavy atom. The van der Waals surface area contributed by atoms with E-state index in [4.69, 9.17) is 19.7 Å². The van der Waals surface area contributed by atoms with Gasteiger partial charge in [-0.2, -0.15) is 6.42 Å². The first-order chi connectivity index (χ1) is 21.1. The van der Waals surface area contributed by atoms with Gasteiger partial charge in [0.15, 0.2) is 0 Å². The van der Waals surface area contributed by atoms with Gasteiger partial charge in [-0.05, 0) is 92.5 Å². The van der Waals surface area contributed by atoms with Crippen LogP contribution in [0.25, 0.3) is 0 Å². The summed E-state index contributed by atoms with van der Waals surface area (Å²) < 4.78 is 6.20. The molecule has 0 aromatic heterocycles. The van der Waals surface area contributed by atoms with Crippen LogP contribution in [0.3, 0.4) is 0 Å². The minimum absolute atomic E-state index is 0. The molecule has 0 unspecified atom stereocenters. The van der Waals surface area contributed by atoms with Crippen molar-refractivity contribution in [3.63, 3.8) is 0 Å². The molecule has 2 atom stereocenters. The number of ether oxygens (including phenoxy) is 1. The van der Waals surface area contributed by atoms with Gasteiger partial charge in [0, 0.05) is 35.1 Å². The van der Waals surface area contributed by atoms with Crippen LogP contribution in [0.4, 0.5) is 0 Å². The number of aliphatic hydroxyl groups is 1. The van der Waals surface area contributed by atoms with Gasteiger partial charge < -0.3 is 27.2 Å². The number of rotatable bonds is 9. The molecule has 5 aliphatic heterocycles. The summed E-state index contributed by atoms with van der Waals surface area (Å²) in [6.45, 7) is 20.1. The molecule has 9 heteroatoms. The van der Waals surface area contributed by atoms with E-state index in [0.717, 1.165) is 81.5 Å². The van der Waals surface area contributed by atoms with Gasteiger partial charge in [0.05, 0.1) is 46.8 Å². The number of aliphatic imine (C=N–C) groups is 3. The second kappa shape index (κ2) is 17.5. The topological polar surface area (TPSA) is 102 Å². The number of allylic oxidation sites excluding steroid dienone is 11. The van der Waals surface area contributed by atoms with Gasteiger partial charge in [-0.25, -0.2) is 15.0 Å². The molecule has 2 N–H and O–H groups in total. The van der Waals surface area contributed by atoms with Crippen molar-refractivity contribution in [2.45, 2.75) is 87.0 Å². The third-order valence-corrected chi connectivity index (χ3v) is 9.61. The summed E-state index contributed by atoms with van der Waals surface area (Å²) in [6, 6.07) is 0. The summed E-state index contributed by atoms with van der Waals surface area (Å²) in [6.07, 6.45) is 12.3. The molecule has 0 saturated carbocycles. The molecule has 46 heavy (non-hydrogen) atoms. The zero-order valence-corrected chi connectivity index (χ0v) is 35.6.